The van der Waals surface area contributed by atoms with Gasteiger partial charge in [0.2, 0.25) is 5.60 Å². The second-order valence-electron chi connectivity index (χ2n) is 9.17. The number of anilines is 1. The number of methoxy groups -OCH3 is 2. The third-order valence-electron chi connectivity index (χ3n) is 8.37. The van der Waals surface area contributed by atoms with Crippen LogP contribution in [-0.2, 0) is 14.9 Å². The molecule has 1 radical (unpaired) electrons. The van der Waals surface area contributed by atoms with Crippen molar-refractivity contribution >= 4 is 11.7 Å². The Morgan fingerprint density at radius 3 is 2.68 bits per heavy atom. The van der Waals surface area contributed by atoms with Gasteiger partial charge in [-0.2, -0.15) is 0 Å². The molecule has 2 fully saturated rings. The number of hydrogen-bond acceptors (Lipinski definition) is 7. The van der Waals surface area contributed by atoms with Gasteiger partial charge in [-0.25, -0.2) is 4.79 Å². The van der Waals surface area contributed by atoms with Gasteiger partial charge in [-0.15, -0.1) is 0 Å². The Bertz CT molecular complexity index is 941. The second-order valence-corrected chi connectivity index (χ2v) is 9.17. The smallest absolute Gasteiger partial charge is 0.342 e. The molecule has 7 nitrogen and oxygen atoms in total. The Hall–Kier alpha value is -0.648. The predicted molar refractivity (Wildman–Crippen MR) is 112 cm³/mol. The average molecular weight is 642 g/mol. The standard InChI is InChI=1S/C23H30N2O5.Ac/c1-5-21-9-6-11-25-12-10-22(17(21)25)15-8-7-14(29-3)13-16(15)24(2)18(22)23(28,19(21)26)20(27)30-4;/h6-9,13,17-19,26,28H,5,10-12H2,1-4H3;. The van der Waals surface area contributed by atoms with Gasteiger partial charge in [0.25, 0.3) is 0 Å². The van der Waals surface area contributed by atoms with Crippen molar-refractivity contribution in [3.8, 4) is 5.75 Å². The topological polar surface area (TPSA) is 82.5 Å². The first-order chi connectivity index (χ1) is 14.3. The Morgan fingerprint density at radius 2 is 2.03 bits per heavy atom. The van der Waals surface area contributed by atoms with Gasteiger partial charge < -0.3 is 24.6 Å². The molecule has 0 aromatic heterocycles. The van der Waals surface area contributed by atoms with E-state index in [-0.39, 0.29) is 50.1 Å². The zero-order valence-electron chi connectivity index (χ0n) is 18.5. The molecule has 1 aromatic carbocycles. The van der Waals surface area contributed by atoms with Gasteiger partial charge in [0, 0.05) is 86.3 Å². The van der Waals surface area contributed by atoms with Crippen LogP contribution in [0.1, 0.15) is 25.3 Å². The number of carbonyl (C=O) groups excluding carboxylic acids is 1. The van der Waals surface area contributed by atoms with E-state index in [0.717, 1.165) is 36.5 Å². The van der Waals surface area contributed by atoms with E-state index < -0.39 is 34.5 Å². The summed E-state index contributed by atoms with van der Waals surface area (Å²) in [7, 11) is 4.79. The monoisotopic (exact) mass is 641 g/mol. The fourth-order valence-corrected chi connectivity index (χ4v) is 7.34. The maximum absolute atomic E-state index is 13.1. The fourth-order valence-electron chi connectivity index (χ4n) is 7.34. The van der Waals surface area contributed by atoms with E-state index in [0.29, 0.717) is 6.42 Å². The van der Waals surface area contributed by atoms with Crippen LogP contribution in [0.15, 0.2) is 30.4 Å². The SMILES string of the molecule is CCC12C=CCN3CCC4(c5ccc(OC)cc5N(C)C4C(O)(C(=O)OC)C1O)C32.[Ac]. The third kappa shape index (κ3) is 2.57. The number of nitrogens with zero attached hydrogens (tertiary/aromatic N) is 2. The van der Waals surface area contributed by atoms with E-state index in [1.807, 2.05) is 37.1 Å². The summed E-state index contributed by atoms with van der Waals surface area (Å²) in [4.78, 5) is 17.5. The van der Waals surface area contributed by atoms with Gasteiger partial charge in [-0.3, -0.25) is 4.90 Å². The van der Waals surface area contributed by atoms with Crippen LogP contribution in [0.3, 0.4) is 0 Å². The average Bonchev–Trinajstić information content (AvgIpc) is 3.28. The van der Waals surface area contributed by atoms with Crippen molar-refractivity contribution in [3.05, 3.63) is 35.9 Å². The molecule has 3 heterocycles. The van der Waals surface area contributed by atoms with Crippen molar-refractivity contribution in [2.45, 2.75) is 49.0 Å². The van der Waals surface area contributed by atoms with Crippen molar-refractivity contribution in [1.29, 1.82) is 0 Å². The Kier molecular flexibility index (Phi) is 5.84. The minimum Gasteiger partial charge on any atom is -0.497 e. The van der Waals surface area contributed by atoms with Crippen LogP contribution >= 0.6 is 0 Å². The summed E-state index contributed by atoms with van der Waals surface area (Å²) in [6, 6.07) is 5.31. The Labute approximate surface area is 218 Å². The van der Waals surface area contributed by atoms with E-state index in [9.17, 15) is 15.0 Å². The number of rotatable bonds is 3. The molecule has 1 aromatic rings. The number of esters is 1. The van der Waals surface area contributed by atoms with E-state index in [1.165, 1.54) is 7.11 Å². The molecule has 5 rings (SSSR count). The molecular weight excluding hydrogens is 611 g/mol. The maximum Gasteiger partial charge on any atom is 0.342 e. The summed E-state index contributed by atoms with van der Waals surface area (Å²) in [5.41, 5.74) is -1.31. The summed E-state index contributed by atoms with van der Waals surface area (Å²) >= 11 is 0. The van der Waals surface area contributed by atoms with E-state index in [2.05, 4.69) is 17.0 Å². The Balaban J connectivity index is 0.00000231. The van der Waals surface area contributed by atoms with Gasteiger partial charge in [0.05, 0.1) is 20.3 Å². The molecule has 1 saturated heterocycles. The third-order valence-corrected chi connectivity index (χ3v) is 8.37. The summed E-state index contributed by atoms with van der Waals surface area (Å²) in [5, 5.41) is 23.7. The van der Waals surface area contributed by atoms with Crippen LogP contribution in [0.4, 0.5) is 5.69 Å². The number of carbonyl (C=O) groups is 1. The first-order valence-corrected chi connectivity index (χ1v) is 10.6. The molecule has 165 valence electrons. The molecule has 8 heteroatoms. The molecule has 0 amide bonds. The van der Waals surface area contributed by atoms with E-state index in [4.69, 9.17) is 9.47 Å². The van der Waals surface area contributed by atoms with Crippen LogP contribution in [0.2, 0.25) is 0 Å². The summed E-state index contributed by atoms with van der Waals surface area (Å²) < 4.78 is 10.6. The number of aliphatic hydroxyl groups is 2. The van der Waals surface area contributed by atoms with Gasteiger partial charge in [0.15, 0.2) is 0 Å². The van der Waals surface area contributed by atoms with Crippen LogP contribution in [0, 0.1) is 49.5 Å². The van der Waals surface area contributed by atoms with Crippen molar-refractivity contribution in [2.24, 2.45) is 5.41 Å². The van der Waals surface area contributed by atoms with E-state index >= 15 is 0 Å². The summed E-state index contributed by atoms with van der Waals surface area (Å²) in [6.07, 6.45) is 4.21. The summed E-state index contributed by atoms with van der Waals surface area (Å²) in [5.74, 6) is -0.0624. The number of aliphatic hydroxyl groups excluding tert-OH is 1. The normalized spacial score (nSPS) is 39.9. The molecule has 6 atom stereocenters. The maximum atomic E-state index is 13.1. The zero-order chi connectivity index (χ0) is 21.5. The minimum absolute atomic E-state index is 0. The van der Waals surface area contributed by atoms with Crippen LogP contribution in [-0.4, -0.2) is 79.2 Å². The number of benzene rings is 1. The van der Waals surface area contributed by atoms with Crippen molar-refractivity contribution in [2.75, 3.05) is 39.3 Å². The van der Waals surface area contributed by atoms with Crippen molar-refractivity contribution < 1.29 is 68.5 Å². The van der Waals surface area contributed by atoms with E-state index in [1.54, 1.807) is 7.11 Å². The van der Waals surface area contributed by atoms with Gasteiger partial charge in [-0.1, -0.05) is 25.1 Å². The molecular formula is C23H30AcN2O5. The number of likely N-dealkylation sites (N-methyl/N-ethyl adjacent to an activating group) is 1. The largest absolute Gasteiger partial charge is 0.497 e. The van der Waals surface area contributed by atoms with Crippen LogP contribution < -0.4 is 9.64 Å². The molecule has 6 unspecified atom stereocenters. The molecule has 1 aliphatic carbocycles. The molecule has 3 aliphatic heterocycles. The van der Waals surface area contributed by atoms with Gasteiger partial charge in [0.1, 0.15) is 11.9 Å². The molecule has 1 saturated carbocycles. The first kappa shape index (κ1) is 23.5. The second kappa shape index (κ2) is 7.70. The van der Waals surface area contributed by atoms with Crippen molar-refractivity contribution in [1.82, 2.24) is 4.90 Å². The number of ether oxygens (including phenoxy) is 2. The molecule has 4 aliphatic rings. The first-order valence-electron chi connectivity index (χ1n) is 10.6. The Morgan fingerprint density at radius 1 is 1.29 bits per heavy atom. The predicted octanol–water partition coefficient (Wildman–Crippen LogP) is 1.07. The molecule has 1 spiro atoms. The van der Waals surface area contributed by atoms with Crippen LogP contribution in [0.25, 0.3) is 0 Å². The minimum atomic E-state index is -2.07. The fraction of sp³-hybridized carbons (Fsp3) is 0.609. The number of hydrogen-bond donors (Lipinski definition) is 2. The number of fused-ring (bicyclic) bond motifs is 1. The quantitative estimate of drug-likeness (QED) is 0.378. The zero-order valence-corrected chi connectivity index (χ0v) is 23.3. The molecule has 31 heavy (non-hydrogen) atoms. The van der Waals surface area contributed by atoms with Crippen LogP contribution in [0.5, 0.6) is 5.75 Å². The van der Waals surface area contributed by atoms with Crippen molar-refractivity contribution in [3.63, 3.8) is 0 Å². The summed E-state index contributed by atoms with van der Waals surface area (Å²) in [6.45, 7) is 3.67. The van der Waals surface area contributed by atoms with Gasteiger partial charge >= 0.3 is 5.97 Å². The molecule has 0 bridgehead atoms. The molecule has 2 N–H and O–H groups in total. The van der Waals surface area contributed by atoms with Gasteiger partial charge in [-0.05, 0) is 31.0 Å².